The third kappa shape index (κ3) is 8.23. The van der Waals surface area contributed by atoms with Gasteiger partial charge in [-0.1, -0.05) is 0 Å². The van der Waals surface area contributed by atoms with E-state index < -0.39 is 10.2 Å². The number of rotatable bonds is 5. The normalized spacial score (nSPS) is 11.8. The first-order chi connectivity index (χ1) is 4.56. The molecule has 0 amide bonds. The average Bonchev–Trinajstić information content (AvgIpc) is 1.78. The molecule has 0 saturated carbocycles. The molecule has 2 nitrogen and oxygen atoms in total. The number of thioether (sulfide) groups is 1. The molecule has 62 valence electrons. The van der Waals surface area contributed by atoms with Crippen molar-refractivity contribution in [1.82, 2.24) is 0 Å². The Hall–Kier alpha value is 0.230. The van der Waals surface area contributed by atoms with E-state index in [2.05, 4.69) is 0 Å². The lowest BCUT2D eigenvalue weighted by molar-refractivity contribution is 0.549. The van der Waals surface area contributed by atoms with E-state index in [1.807, 2.05) is 6.26 Å². The van der Waals surface area contributed by atoms with Gasteiger partial charge in [0.15, 0.2) is 0 Å². The maximum absolute atomic E-state index is 11.8. The fourth-order valence-electron chi connectivity index (χ4n) is 0.521. The Bertz CT molecular complexity index is 164. The van der Waals surface area contributed by atoms with Crippen LogP contribution in [0.4, 0.5) is 3.89 Å². The van der Waals surface area contributed by atoms with Crippen LogP contribution >= 0.6 is 11.8 Å². The van der Waals surface area contributed by atoms with Crippen molar-refractivity contribution in [2.24, 2.45) is 0 Å². The summed E-state index contributed by atoms with van der Waals surface area (Å²) < 4.78 is 31.6. The highest BCUT2D eigenvalue weighted by molar-refractivity contribution is 7.98. The lowest BCUT2D eigenvalue weighted by atomic mass is 10.4. The molecule has 0 spiro atoms. The molecule has 0 radical (unpaired) electrons. The van der Waals surface area contributed by atoms with Crippen LogP contribution in [0.25, 0.3) is 0 Å². The molecular weight excluding hydrogens is 175 g/mol. The number of halogens is 1. The minimum atomic E-state index is -4.21. The van der Waals surface area contributed by atoms with E-state index in [0.717, 1.165) is 12.2 Å². The van der Waals surface area contributed by atoms with Gasteiger partial charge in [-0.05, 0) is 24.9 Å². The van der Waals surface area contributed by atoms with Crippen molar-refractivity contribution >= 4 is 22.0 Å². The molecular formula is C5H11FO2S2. The summed E-state index contributed by atoms with van der Waals surface area (Å²) in [5, 5.41) is 0. The molecule has 0 N–H and O–H groups in total. The lowest BCUT2D eigenvalue weighted by Crippen LogP contribution is -1.98. The van der Waals surface area contributed by atoms with Gasteiger partial charge in [0.2, 0.25) is 0 Å². The van der Waals surface area contributed by atoms with Crippen LogP contribution < -0.4 is 0 Å². The van der Waals surface area contributed by atoms with E-state index in [-0.39, 0.29) is 5.75 Å². The first kappa shape index (κ1) is 10.2. The summed E-state index contributed by atoms with van der Waals surface area (Å²) in [5.74, 6) is 0.572. The Morgan fingerprint density at radius 3 is 2.40 bits per heavy atom. The van der Waals surface area contributed by atoms with Crippen LogP contribution in [0.1, 0.15) is 12.8 Å². The fourth-order valence-corrected chi connectivity index (χ4v) is 1.56. The van der Waals surface area contributed by atoms with Crippen molar-refractivity contribution in [1.29, 1.82) is 0 Å². The lowest BCUT2D eigenvalue weighted by Gasteiger charge is -1.93. The van der Waals surface area contributed by atoms with Crippen LogP contribution in [-0.2, 0) is 10.2 Å². The van der Waals surface area contributed by atoms with Gasteiger partial charge in [-0.3, -0.25) is 0 Å². The quantitative estimate of drug-likeness (QED) is 0.481. The minimum absolute atomic E-state index is 0.326. The van der Waals surface area contributed by atoms with Gasteiger partial charge in [0, 0.05) is 0 Å². The van der Waals surface area contributed by atoms with Crippen LogP contribution in [0.2, 0.25) is 0 Å². The molecule has 0 atom stereocenters. The highest BCUT2D eigenvalue weighted by atomic mass is 32.3. The van der Waals surface area contributed by atoms with E-state index in [0.29, 0.717) is 6.42 Å². The Morgan fingerprint density at radius 1 is 1.40 bits per heavy atom. The Labute approximate surface area is 65.4 Å². The van der Waals surface area contributed by atoms with E-state index >= 15 is 0 Å². The van der Waals surface area contributed by atoms with Crippen LogP contribution in [-0.4, -0.2) is 26.2 Å². The summed E-state index contributed by atoms with van der Waals surface area (Å²) in [6.07, 6.45) is 3.13. The molecule has 0 aliphatic heterocycles. The van der Waals surface area contributed by atoms with E-state index in [1.165, 1.54) is 0 Å². The summed E-state index contributed by atoms with van der Waals surface area (Å²) in [7, 11) is -4.21. The van der Waals surface area contributed by atoms with Crippen molar-refractivity contribution in [3.8, 4) is 0 Å². The molecule has 10 heavy (non-hydrogen) atoms. The van der Waals surface area contributed by atoms with Crippen LogP contribution in [0, 0.1) is 0 Å². The van der Waals surface area contributed by atoms with Crippen molar-refractivity contribution in [3.05, 3.63) is 0 Å². The van der Waals surface area contributed by atoms with Crippen LogP contribution in [0.3, 0.4) is 0 Å². The molecule has 0 aromatic rings. The van der Waals surface area contributed by atoms with Crippen LogP contribution in [0.15, 0.2) is 0 Å². The summed E-state index contributed by atoms with van der Waals surface area (Å²) in [5.41, 5.74) is 0. The average molecular weight is 186 g/mol. The second kappa shape index (κ2) is 4.96. The topological polar surface area (TPSA) is 34.1 Å². The number of hydrogen-bond acceptors (Lipinski definition) is 3. The zero-order chi connectivity index (χ0) is 8.04. The number of hydrogen-bond donors (Lipinski definition) is 0. The first-order valence-corrected chi connectivity index (χ1v) is 5.92. The van der Waals surface area contributed by atoms with Crippen molar-refractivity contribution in [2.45, 2.75) is 12.8 Å². The van der Waals surface area contributed by atoms with E-state index in [1.54, 1.807) is 11.8 Å². The highest BCUT2D eigenvalue weighted by Gasteiger charge is 2.04. The largest absolute Gasteiger partial charge is 0.302 e. The SMILES string of the molecule is CSCCCCS(=O)(=O)F. The number of unbranched alkanes of at least 4 members (excludes halogenated alkanes) is 1. The monoisotopic (exact) mass is 186 g/mol. The molecule has 0 fully saturated rings. The molecule has 0 aromatic carbocycles. The van der Waals surface area contributed by atoms with Gasteiger partial charge in [0.05, 0.1) is 5.75 Å². The molecule has 0 unspecified atom stereocenters. The highest BCUT2D eigenvalue weighted by Crippen LogP contribution is 2.02. The molecule has 0 bridgehead atoms. The molecule has 0 aliphatic carbocycles. The van der Waals surface area contributed by atoms with Gasteiger partial charge in [-0.2, -0.15) is 20.2 Å². The van der Waals surface area contributed by atoms with Gasteiger partial charge in [0.25, 0.3) is 0 Å². The predicted molar refractivity (Wildman–Crippen MR) is 42.5 cm³/mol. The molecule has 0 rings (SSSR count). The maximum Gasteiger partial charge on any atom is 0.302 e. The third-order valence-electron chi connectivity index (χ3n) is 0.987. The third-order valence-corrected chi connectivity index (χ3v) is 2.46. The zero-order valence-electron chi connectivity index (χ0n) is 5.84. The minimum Gasteiger partial charge on any atom is -0.195 e. The van der Waals surface area contributed by atoms with Crippen molar-refractivity contribution in [2.75, 3.05) is 17.8 Å². The zero-order valence-corrected chi connectivity index (χ0v) is 7.47. The second-order valence-electron chi connectivity index (χ2n) is 1.94. The van der Waals surface area contributed by atoms with Gasteiger partial charge in [0.1, 0.15) is 0 Å². The first-order valence-electron chi connectivity index (χ1n) is 2.97. The van der Waals surface area contributed by atoms with E-state index in [4.69, 9.17) is 0 Å². The van der Waals surface area contributed by atoms with E-state index in [9.17, 15) is 12.3 Å². The van der Waals surface area contributed by atoms with Crippen LogP contribution in [0.5, 0.6) is 0 Å². The molecule has 0 aliphatic rings. The Kier molecular flexibility index (Phi) is 5.07. The summed E-state index contributed by atoms with van der Waals surface area (Å²) in [6.45, 7) is 0. The molecule has 0 heterocycles. The van der Waals surface area contributed by atoms with Gasteiger partial charge < -0.3 is 0 Å². The van der Waals surface area contributed by atoms with Gasteiger partial charge in [-0.25, -0.2) is 0 Å². The molecule has 0 aromatic heterocycles. The second-order valence-corrected chi connectivity index (χ2v) is 4.41. The van der Waals surface area contributed by atoms with Gasteiger partial charge in [-0.15, -0.1) is 3.89 Å². The van der Waals surface area contributed by atoms with Crippen molar-refractivity contribution < 1.29 is 12.3 Å². The predicted octanol–water partition coefficient (Wildman–Crippen LogP) is 1.43. The summed E-state index contributed by atoms with van der Waals surface area (Å²) in [6, 6.07) is 0. The van der Waals surface area contributed by atoms with Crippen molar-refractivity contribution in [3.63, 3.8) is 0 Å². The molecule has 0 saturated heterocycles. The molecule has 5 heteroatoms. The maximum atomic E-state index is 11.8. The van der Waals surface area contributed by atoms with Gasteiger partial charge >= 0.3 is 10.2 Å². The Morgan fingerprint density at radius 2 is 2.00 bits per heavy atom. The summed E-state index contributed by atoms with van der Waals surface area (Å²) >= 11 is 1.63. The smallest absolute Gasteiger partial charge is 0.195 e. The fraction of sp³-hybridized carbons (Fsp3) is 1.00. The summed E-state index contributed by atoms with van der Waals surface area (Å²) in [4.78, 5) is 0. The standard InChI is InChI=1S/C5H11FO2S2/c1-9-4-2-3-5-10(6,7)8/h2-5H2,1H3. The Balaban J connectivity index is 3.21.